The van der Waals surface area contributed by atoms with E-state index in [9.17, 15) is 14.9 Å². The molecule has 3 rings (SSSR count). The van der Waals surface area contributed by atoms with Crippen LogP contribution in [0.4, 0.5) is 5.69 Å². The van der Waals surface area contributed by atoms with Crippen molar-refractivity contribution in [2.24, 2.45) is 0 Å². The number of hydrogen-bond acceptors (Lipinski definition) is 4. The van der Waals surface area contributed by atoms with Gasteiger partial charge in [-0.2, -0.15) is 0 Å². The van der Waals surface area contributed by atoms with E-state index in [1.54, 1.807) is 24.3 Å². The third-order valence-electron chi connectivity index (χ3n) is 2.73. The lowest BCUT2D eigenvalue weighted by atomic mass is 10.1. The zero-order valence-corrected chi connectivity index (χ0v) is 9.12. The molecule has 1 aliphatic carbocycles. The van der Waals surface area contributed by atoms with E-state index >= 15 is 0 Å². The molecular weight excluding hydrogens is 234 g/mol. The summed E-state index contributed by atoms with van der Waals surface area (Å²) in [5.74, 6) is 0.230. The third kappa shape index (κ3) is 1.53. The van der Waals surface area contributed by atoms with Gasteiger partial charge in [0.2, 0.25) is 0 Å². The number of nitrogens with zero attached hydrogens (tertiary/aromatic N) is 1. The maximum Gasteiger partial charge on any atom is 0.284 e. The number of fused-ring (bicyclic) bond motifs is 2. The minimum atomic E-state index is -0.575. The summed E-state index contributed by atoms with van der Waals surface area (Å²) in [5.41, 5.74) is 0.253. The summed E-state index contributed by atoms with van der Waals surface area (Å²) in [7, 11) is 0. The molecular formula is C13H7NO4. The molecule has 0 atom stereocenters. The molecule has 0 radical (unpaired) electrons. The normalized spacial score (nSPS) is 10.9. The number of hydrogen-bond donors (Lipinski definition) is 0. The fraction of sp³-hybridized carbons (Fsp3) is 0. The molecule has 0 saturated carbocycles. The van der Waals surface area contributed by atoms with Gasteiger partial charge in [0.15, 0.2) is 5.43 Å². The molecule has 18 heavy (non-hydrogen) atoms. The number of benzene rings is 2. The van der Waals surface area contributed by atoms with Crippen LogP contribution in [0.2, 0.25) is 0 Å². The van der Waals surface area contributed by atoms with Crippen LogP contribution in [0.5, 0.6) is 0 Å². The minimum Gasteiger partial charge on any atom is -0.456 e. The molecule has 1 aromatic carbocycles. The number of nitro benzene ring substituents is 1. The van der Waals surface area contributed by atoms with Gasteiger partial charge in [0.25, 0.3) is 5.69 Å². The Bertz CT molecular complexity index is 791. The van der Waals surface area contributed by atoms with Gasteiger partial charge in [0.1, 0.15) is 11.3 Å². The van der Waals surface area contributed by atoms with Crippen LogP contribution in [0.3, 0.4) is 0 Å². The predicted octanol–water partition coefficient (Wildman–Crippen LogP) is 2.81. The zero-order chi connectivity index (χ0) is 12.7. The van der Waals surface area contributed by atoms with E-state index in [1.807, 2.05) is 6.07 Å². The number of rotatable bonds is 1. The maximum absolute atomic E-state index is 11.4. The molecule has 1 aliphatic heterocycles. The fourth-order valence-electron chi connectivity index (χ4n) is 1.93. The van der Waals surface area contributed by atoms with E-state index < -0.39 is 10.4 Å². The van der Waals surface area contributed by atoms with Gasteiger partial charge in [-0.3, -0.25) is 14.9 Å². The Kier molecular flexibility index (Phi) is 2.13. The highest BCUT2D eigenvalue weighted by Crippen LogP contribution is 2.33. The van der Waals surface area contributed by atoms with Crippen molar-refractivity contribution in [2.45, 2.75) is 0 Å². The molecule has 0 saturated heterocycles. The van der Waals surface area contributed by atoms with Gasteiger partial charge in [0, 0.05) is 11.5 Å². The van der Waals surface area contributed by atoms with Crippen LogP contribution in [-0.2, 0) is 0 Å². The van der Waals surface area contributed by atoms with E-state index in [0.29, 0.717) is 11.1 Å². The average Bonchev–Trinajstić information content (AvgIpc) is 2.35. The van der Waals surface area contributed by atoms with Crippen LogP contribution in [0, 0.1) is 10.1 Å². The first-order valence-corrected chi connectivity index (χ1v) is 5.26. The van der Waals surface area contributed by atoms with Gasteiger partial charge in [-0.1, -0.05) is 18.2 Å². The van der Waals surface area contributed by atoms with Crippen molar-refractivity contribution in [3.05, 3.63) is 62.8 Å². The molecule has 2 aliphatic rings. The van der Waals surface area contributed by atoms with Crippen LogP contribution in [0.25, 0.3) is 22.3 Å². The van der Waals surface area contributed by atoms with Crippen molar-refractivity contribution in [1.29, 1.82) is 0 Å². The second kappa shape index (κ2) is 3.66. The largest absolute Gasteiger partial charge is 0.456 e. The van der Waals surface area contributed by atoms with Crippen molar-refractivity contribution in [2.75, 3.05) is 0 Å². The molecule has 0 fully saturated rings. The van der Waals surface area contributed by atoms with Gasteiger partial charge in [-0.25, -0.2) is 0 Å². The highest BCUT2D eigenvalue weighted by atomic mass is 16.6. The van der Waals surface area contributed by atoms with Gasteiger partial charge in [-0.05, 0) is 12.1 Å². The van der Waals surface area contributed by atoms with E-state index in [-0.39, 0.29) is 11.4 Å². The Labute approximate surface area is 101 Å². The Morgan fingerprint density at radius 1 is 1.11 bits per heavy atom. The van der Waals surface area contributed by atoms with Gasteiger partial charge in [0.05, 0.1) is 16.6 Å². The van der Waals surface area contributed by atoms with Gasteiger partial charge >= 0.3 is 0 Å². The molecule has 0 aromatic heterocycles. The lowest BCUT2D eigenvalue weighted by Crippen LogP contribution is -2.03. The molecule has 1 heterocycles. The van der Waals surface area contributed by atoms with E-state index in [4.69, 9.17) is 4.42 Å². The number of para-hydroxylation sites is 1. The Balaban J connectivity index is 2.49. The first-order valence-electron chi connectivity index (χ1n) is 5.26. The SMILES string of the molecule is O=c1cc2oc3ccccc3cc-2c([N+](=O)[O-])c1. The summed E-state index contributed by atoms with van der Waals surface area (Å²) in [4.78, 5) is 21.7. The molecule has 88 valence electrons. The molecule has 1 aromatic rings. The van der Waals surface area contributed by atoms with Crippen molar-refractivity contribution < 1.29 is 9.34 Å². The summed E-state index contributed by atoms with van der Waals surface area (Å²) < 4.78 is 5.51. The Morgan fingerprint density at radius 2 is 1.89 bits per heavy atom. The third-order valence-corrected chi connectivity index (χ3v) is 2.73. The Morgan fingerprint density at radius 3 is 2.67 bits per heavy atom. The zero-order valence-electron chi connectivity index (χ0n) is 9.12. The van der Waals surface area contributed by atoms with Crippen LogP contribution < -0.4 is 5.43 Å². The Hall–Kier alpha value is -2.69. The molecule has 0 bridgehead atoms. The summed E-state index contributed by atoms with van der Waals surface area (Å²) >= 11 is 0. The van der Waals surface area contributed by atoms with E-state index in [2.05, 4.69) is 0 Å². The van der Waals surface area contributed by atoms with Crippen LogP contribution in [0.1, 0.15) is 0 Å². The fourth-order valence-corrected chi connectivity index (χ4v) is 1.93. The van der Waals surface area contributed by atoms with Crippen molar-refractivity contribution in [3.8, 4) is 11.3 Å². The predicted molar refractivity (Wildman–Crippen MR) is 65.8 cm³/mol. The van der Waals surface area contributed by atoms with Crippen LogP contribution >= 0.6 is 0 Å². The van der Waals surface area contributed by atoms with Crippen LogP contribution in [-0.4, -0.2) is 4.92 Å². The minimum absolute atomic E-state index is 0.230. The van der Waals surface area contributed by atoms with Gasteiger partial charge in [-0.15, -0.1) is 0 Å². The summed E-state index contributed by atoms with van der Waals surface area (Å²) in [5, 5.41) is 11.7. The maximum atomic E-state index is 11.4. The topological polar surface area (TPSA) is 73.3 Å². The molecule has 0 amide bonds. The standard InChI is InChI=1S/C13H7NO4/c15-9-6-11(14(16)17)10-5-8-3-1-2-4-12(8)18-13(10)7-9/h1-7H. The highest BCUT2D eigenvalue weighted by Gasteiger charge is 2.20. The van der Waals surface area contributed by atoms with Crippen LogP contribution in [0.15, 0.2) is 51.7 Å². The quantitative estimate of drug-likeness (QED) is 0.373. The second-order valence-corrected chi connectivity index (χ2v) is 3.90. The first kappa shape index (κ1) is 10.5. The first-order chi connectivity index (χ1) is 8.65. The smallest absolute Gasteiger partial charge is 0.284 e. The summed E-state index contributed by atoms with van der Waals surface area (Å²) in [6.07, 6.45) is 0. The molecule has 0 N–H and O–H groups in total. The van der Waals surface area contributed by atoms with E-state index in [0.717, 1.165) is 11.5 Å². The van der Waals surface area contributed by atoms with E-state index in [1.165, 1.54) is 6.07 Å². The second-order valence-electron chi connectivity index (χ2n) is 3.90. The van der Waals surface area contributed by atoms with Gasteiger partial charge < -0.3 is 4.42 Å². The lowest BCUT2D eigenvalue weighted by Gasteiger charge is -2.06. The van der Waals surface area contributed by atoms with Crippen molar-refractivity contribution in [3.63, 3.8) is 0 Å². The molecule has 5 nitrogen and oxygen atoms in total. The summed E-state index contributed by atoms with van der Waals surface area (Å²) in [6, 6.07) is 11.1. The van der Waals surface area contributed by atoms with Crippen molar-refractivity contribution in [1.82, 2.24) is 0 Å². The molecule has 0 spiro atoms. The molecule has 0 unspecified atom stereocenters. The lowest BCUT2D eigenvalue weighted by molar-refractivity contribution is -0.384. The monoisotopic (exact) mass is 241 g/mol. The number of nitro groups is 1. The highest BCUT2D eigenvalue weighted by molar-refractivity contribution is 5.85. The van der Waals surface area contributed by atoms with Crippen molar-refractivity contribution >= 4 is 16.7 Å². The molecule has 5 heteroatoms. The average molecular weight is 241 g/mol. The summed E-state index contributed by atoms with van der Waals surface area (Å²) in [6.45, 7) is 0.